The number of imidazole rings is 1. The van der Waals surface area contributed by atoms with Crippen LogP contribution in [0.25, 0.3) is 0 Å². The van der Waals surface area contributed by atoms with Crippen LogP contribution in [0, 0.1) is 0 Å². The van der Waals surface area contributed by atoms with E-state index < -0.39 is 0 Å². The highest BCUT2D eigenvalue weighted by Crippen LogP contribution is 2.26. The van der Waals surface area contributed by atoms with Gasteiger partial charge in [0, 0.05) is 12.2 Å². The fourth-order valence-electron chi connectivity index (χ4n) is 2.11. The van der Waals surface area contributed by atoms with Crippen LogP contribution < -0.4 is 4.74 Å². The molecule has 0 amide bonds. The topological polar surface area (TPSA) is 55.0 Å². The molecule has 0 aliphatic carbocycles. The highest BCUT2D eigenvalue weighted by atomic mass is 32.2. The van der Waals surface area contributed by atoms with E-state index in [0.717, 1.165) is 47.2 Å². The van der Waals surface area contributed by atoms with Gasteiger partial charge in [0.25, 0.3) is 0 Å². The summed E-state index contributed by atoms with van der Waals surface area (Å²) in [6.45, 7) is 5.70. The van der Waals surface area contributed by atoms with Gasteiger partial charge >= 0.3 is 0 Å². The first-order chi connectivity index (χ1) is 11.2. The Morgan fingerprint density at radius 3 is 2.74 bits per heavy atom. The number of methoxy groups -OCH3 is 1. The molecule has 122 valence electrons. The van der Waals surface area contributed by atoms with Gasteiger partial charge in [-0.05, 0) is 30.2 Å². The lowest BCUT2D eigenvalue weighted by atomic mass is 10.2. The number of aromatic amines is 1. The molecule has 0 unspecified atom stereocenters. The van der Waals surface area contributed by atoms with Gasteiger partial charge in [-0.3, -0.25) is 4.79 Å². The number of carbonyl (C=O) groups excluding carboxylic acids is 1. The van der Waals surface area contributed by atoms with Crippen molar-refractivity contribution in [1.82, 2.24) is 9.97 Å². The van der Waals surface area contributed by atoms with Crippen LogP contribution in [0.1, 0.15) is 41.6 Å². The van der Waals surface area contributed by atoms with Crippen molar-refractivity contribution in [3.63, 3.8) is 0 Å². The van der Waals surface area contributed by atoms with E-state index in [1.807, 2.05) is 24.3 Å². The van der Waals surface area contributed by atoms with Gasteiger partial charge in [-0.25, -0.2) is 4.98 Å². The maximum absolute atomic E-state index is 12.0. The molecule has 4 nitrogen and oxygen atoms in total. The second-order valence-corrected chi connectivity index (χ2v) is 6.14. The standard InChI is InChI=1S/C18H22N2O2S/c1-4-6-7-16-19-17(15(21)5-2)18(20-16)23-12-13-8-10-14(22-3)11-9-13/h5,8-11H,2,4,6-7,12H2,1,3H3,(H,19,20). The highest BCUT2D eigenvalue weighted by Gasteiger charge is 2.15. The summed E-state index contributed by atoms with van der Waals surface area (Å²) in [5, 5.41) is 0.747. The number of H-pyrrole nitrogens is 1. The molecule has 0 atom stereocenters. The van der Waals surface area contributed by atoms with Gasteiger partial charge in [0.15, 0.2) is 0 Å². The third kappa shape index (κ3) is 4.73. The van der Waals surface area contributed by atoms with Crippen LogP contribution in [0.4, 0.5) is 0 Å². The van der Waals surface area contributed by atoms with Gasteiger partial charge in [-0.15, -0.1) is 0 Å². The third-order valence-corrected chi connectivity index (χ3v) is 4.50. The first-order valence-electron chi connectivity index (χ1n) is 7.69. The summed E-state index contributed by atoms with van der Waals surface area (Å²) in [6, 6.07) is 7.91. The Balaban J connectivity index is 2.11. The Kier molecular flexibility index (Phi) is 6.47. The molecule has 1 N–H and O–H groups in total. The lowest BCUT2D eigenvalue weighted by molar-refractivity contribution is 0.104. The number of hydrogen-bond donors (Lipinski definition) is 1. The molecule has 1 heterocycles. The average molecular weight is 330 g/mol. The quantitative estimate of drug-likeness (QED) is 0.420. The fourth-order valence-corrected chi connectivity index (χ4v) is 3.08. The molecule has 1 aromatic heterocycles. The number of nitrogens with zero attached hydrogens (tertiary/aromatic N) is 1. The van der Waals surface area contributed by atoms with E-state index in [9.17, 15) is 4.79 Å². The summed E-state index contributed by atoms with van der Waals surface area (Å²) in [4.78, 5) is 19.7. The molecule has 0 saturated carbocycles. The van der Waals surface area contributed by atoms with Gasteiger partial charge in [-0.2, -0.15) is 0 Å². The Morgan fingerprint density at radius 1 is 1.39 bits per heavy atom. The van der Waals surface area contributed by atoms with Gasteiger partial charge in [-0.1, -0.05) is 43.8 Å². The summed E-state index contributed by atoms with van der Waals surface area (Å²) in [5.74, 6) is 2.34. The molecule has 0 aliphatic rings. The SMILES string of the molecule is C=CC(=O)c1[nH]c(CCCC)nc1SCc1ccc(OC)cc1. The maximum Gasteiger partial charge on any atom is 0.204 e. The van der Waals surface area contributed by atoms with E-state index in [0.29, 0.717) is 5.69 Å². The van der Waals surface area contributed by atoms with Gasteiger partial charge in [0.1, 0.15) is 22.3 Å². The van der Waals surface area contributed by atoms with Crippen molar-refractivity contribution >= 4 is 17.5 Å². The Hall–Kier alpha value is -2.01. The third-order valence-electron chi connectivity index (χ3n) is 3.45. The monoisotopic (exact) mass is 330 g/mol. The first kappa shape index (κ1) is 17.3. The number of nitrogens with one attached hydrogen (secondary N) is 1. The molecule has 2 aromatic rings. The van der Waals surface area contributed by atoms with Crippen molar-refractivity contribution in [1.29, 1.82) is 0 Å². The Bertz CT molecular complexity index is 662. The van der Waals surface area contributed by atoms with Gasteiger partial charge in [0.2, 0.25) is 5.78 Å². The minimum Gasteiger partial charge on any atom is -0.497 e. The summed E-state index contributed by atoms with van der Waals surface area (Å²) < 4.78 is 5.16. The first-order valence-corrected chi connectivity index (χ1v) is 8.67. The normalized spacial score (nSPS) is 10.5. The number of allylic oxidation sites excluding steroid dienone is 1. The molecule has 2 rings (SSSR count). The zero-order chi connectivity index (χ0) is 16.7. The number of thioether (sulfide) groups is 1. The number of benzene rings is 1. The molecule has 0 aliphatic heterocycles. The molecule has 1 aromatic carbocycles. The van der Waals surface area contributed by atoms with E-state index in [1.54, 1.807) is 18.9 Å². The number of carbonyl (C=O) groups is 1. The van der Waals surface area contributed by atoms with Crippen LogP contribution in [-0.4, -0.2) is 22.9 Å². The minimum absolute atomic E-state index is 0.113. The largest absolute Gasteiger partial charge is 0.497 e. The van der Waals surface area contributed by atoms with Crippen LogP contribution in [0.5, 0.6) is 5.75 Å². The molecule has 0 spiro atoms. The second-order valence-electron chi connectivity index (χ2n) is 5.17. The predicted molar refractivity (Wildman–Crippen MR) is 94.3 cm³/mol. The zero-order valence-electron chi connectivity index (χ0n) is 13.6. The lowest BCUT2D eigenvalue weighted by Crippen LogP contribution is -1.97. The second kappa shape index (κ2) is 8.58. The van der Waals surface area contributed by atoms with Gasteiger partial charge < -0.3 is 9.72 Å². The number of aromatic nitrogens is 2. The summed E-state index contributed by atoms with van der Waals surface area (Å²) in [6.07, 6.45) is 4.34. The lowest BCUT2D eigenvalue weighted by Gasteiger charge is -2.03. The smallest absolute Gasteiger partial charge is 0.204 e. The van der Waals surface area contributed by atoms with Crippen molar-refractivity contribution in [2.45, 2.75) is 37.0 Å². The number of ether oxygens (including phenoxy) is 1. The number of ketones is 1. The van der Waals surface area contributed by atoms with Crippen molar-refractivity contribution in [2.24, 2.45) is 0 Å². The van der Waals surface area contributed by atoms with Crippen LogP contribution in [0.15, 0.2) is 41.9 Å². The van der Waals surface area contributed by atoms with E-state index in [-0.39, 0.29) is 5.78 Å². The fraction of sp³-hybridized carbons (Fsp3) is 0.333. The van der Waals surface area contributed by atoms with Crippen molar-refractivity contribution in [3.05, 3.63) is 54.0 Å². The van der Waals surface area contributed by atoms with Gasteiger partial charge in [0.05, 0.1) is 7.11 Å². The summed E-state index contributed by atoms with van der Waals surface area (Å²) in [5.41, 5.74) is 1.70. The molecule has 0 radical (unpaired) electrons. The van der Waals surface area contributed by atoms with E-state index in [4.69, 9.17) is 4.74 Å². The maximum atomic E-state index is 12.0. The predicted octanol–water partition coefficient (Wildman–Crippen LogP) is 4.42. The molecule has 0 bridgehead atoms. The Morgan fingerprint density at radius 2 is 2.13 bits per heavy atom. The Labute approximate surface area is 141 Å². The molecule has 23 heavy (non-hydrogen) atoms. The van der Waals surface area contributed by atoms with Crippen molar-refractivity contribution in [3.8, 4) is 5.75 Å². The van der Waals surface area contributed by atoms with Crippen LogP contribution in [0.3, 0.4) is 0 Å². The molecule has 0 saturated heterocycles. The highest BCUT2D eigenvalue weighted by molar-refractivity contribution is 7.98. The number of aryl methyl sites for hydroxylation is 1. The van der Waals surface area contributed by atoms with Crippen molar-refractivity contribution < 1.29 is 9.53 Å². The summed E-state index contributed by atoms with van der Waals surface area (Å²) >= 11 is 1.56. The van der Waals surface area contributed by atoms with E-state index in [1.165, 1.54) is 6.08 Å². The zero-order valence-corrected chi connectivity index (χ0v) is 14.4. The van der Waals surface area contributed by atoms with E-state index in [2.05, 4.69) is 23.5 Å². The van der Waals surface area contributed by atoms with E-state index >= 15 is 0 Å². The van der Waals surface area contributed by atoms with Crippen molar-refractivity contribution in [2.75, 3.05) is 7.11 Å². The number of hydrogen-bond acceptors (Lipinski definition) is 4. The molecular formula is C18H22N2O2S. The van der Waals surface area contributed by atoms with Crippen LogP contribution >= 0.6 is 11.8 Å². The molecular weight excluding hydrogens is 308 g/mol. The van der Waals surface area contributed by atoms with Crippen LogP contribution in [0.2, 0.25) is 0 Å². The number of unbranched alkanes of at least 4 members (excludes halogenated alkanes) is 1. The average Bonchev–Trinajstić information content (AvgIpc) is 3.01. The summed E-state index contributed by atoms with van der Waals surface area (Å²) in [7, 11) is 1.65. The molecule has 5 heteroatoms. The van der Waals surface area contributed by atoms with Crippen LogP contribution in [-0.2, 0) is 12.2 Å². The number of rotatable bonds is 9. The molecule has 0 fully saturated rings. The minimum atomic E-state index is -0.113.